The lowest BCUT2D eigenvalue weighted by Crippen LogP contribution is -2.41. The molecule has 0 radical (unpaired) electrons. The van der Waals surface area contributed by atoms with Gasteiger partial charge in [0.2, 0.25) is 0 Å². The number of carbonyl (C=O) groups excluding carboxylic acids is 1. The summed E-state index contributed by atoms with van der Waals surface area (Å²) >= 11 is 0. The Hall–Kier alpha value is -5.09. The molecule has 9 rings (SSSR count). The molecule has 0 unspecified atom stereocenters. The lowest BCUT2D eigenvalue weighted by Gasteiger charge is -2.27. The number of amides is 1. The number of aromatic amines is 1. The number of likely N-dealkylation sites (tertiary alicyclic amines) is 1. The van der Waals surface area contributed by atoms with Crippen molar-refractivity contribution in [1.29, 1.82) is 0 Å². The van der Waals surface area contributed by atoms with Crippen LogP contribution in [0, 0.1) is 11.8 Å². The van der Waals surface area contributed by atoms with Gasteiger partial charge in [-0.1, -0.05) is 18.2 Å². The molecule has 10 heteroatoms. The topological polar surface area (TPSA) is 131 Å². The number of aromatic nitrogens is 4. The van der Waals surface area contributed by atoms with E-state index in [1.54, 1.807) is 7.11 Å². The number of fused-ring (bicyclic) bond motifs is 5. The minimum Gasteiger partial charge on any atom is -0.507 e. The van der Waals surface area contributed by atoms with Crippen molar-refractivity contribution in [3.63, 3.8) is 0 Å². The van der Waals surface area contributed by atoms with E-state index in [0.717, 1.165) is 64.0 Å². The summed E-state index contributed by atoms with van der Waals surface area (Å²) in [4.78, 5) is 35.5. The monoisotopic (exact) mass is 628 g/mol. The predicted octanol–water partition coefficient (Wildman–Crippen LogP) is 5.39. The summed E-state index contributed by atoms with van der Waals surface area (Å²) in [5.74, 6) is 2.37. The van der Waals surface area contributed by atoms with Crippen molar-refractivity contribution in [3.05, 3.63) is 76.6 Å². The second-order valence-electron chi connectivity index (χ2n) is 13.6. The Labute approximate surface area is 270 Å². The third-order valence-corrected chi connectivity index (χ3v) is 10.7. The number of methoxy groups -OCH3 is 1. The number of rotatable bonds is 6. The number of aryl methyl sites for hydroxylation is 1. The van der Waals surface area contributed by atoms with Crippen LogP contribution in [0.1, 0.15) is 36.0 Å². The van der Waals surface area contributed by atoms with E-state index in [2.05, 4.69) is 38.4 Å². The third-order valence-electron chi connectivity index (χ3n) is 10.7. The van der Waals surface area contributed by atoms with E-state index >= 15 is 0 Å². The third kappa shape index (κ3) is 4.38. The molecule has 6 aromatic rings. The molecule has 2 saturated carbocycles. The Kier molecular flexibility index (Phi) is 6.11. The Bertz CT molecular complexity index is 2330. The molecule has 1 saturated heterocycles. The first-order valence-electron chi connectivity index (χ1n) is 16.4. The predicted molar refractivity (Wildman–Crippen MR) is 182 cm³/mol. The van der Waals surface area contributed by atoms with Crippen LogP contribution in [-0.4, -0.2) is 60.8 Å². The molecule has 3 atom stereocenters. The van der Waals surface area contributed by atoms with Gasteiger partial charge in [-0.15, -0.1) is 0 Å². The number of H-pyrrole nitrogens is 1. The second kappa shape index (κ2) is 10.2. The molecule has 3 aromatic carbocycles. The Balaban J connectivity index is 1.15. The molecular formula is C37H36N6O4. The summed E-state index contributed by atoms with van der Waals surface area (Å²) in [6, 6.07) is 19.4. The number of nitrogens with two attached hydrogens (primary N) is 1. The van der Waals surface area contributed by atoms with Crippen LogP contribution in [0.2, 0.25) is 0 Å². The summed E-state index contributed by atoms with van der Waals surface area (Å²) in [7, 11) is 3.64. The van der Waals surface area contributed by atoms with Gasteiger partial charge in [0.25, 0.3) is 11.5 Å². The maximum absolute atomic E-state index is 13.8. The molecule has 1 amide bonds. The van der Waals surface area contributed by atoms with Crippen molar-refractivity contribution in [1.82, 2.24) is 24.0 Å². The van der Waals surface area contributed by atoms with Gasteiger partial charge in [-0.3, -0.25) is 9.59 Å². The minimum atomic E-state index is -0.333. The van der Waals surface area contributed by atoms with Crippen LogP contribution in [-0.2, 0) is 13.6 Å². The first kappa shape index (κ1) is 28.2. The number of piperidine rings is 1. The molecule has 47 heavy (non-hydrogen) atoms. The summed E-state index contributed by atoms with van der Waals surface area (Å²) in [5.41, 5.74) is 12.9. The van der Waals surface area contributed by atoms with E-state index in [1.807, 2.05) is 42.3 Å². The average Bonchev–Trinajstić information content (AvgIpc) is 3.47. The number of nitrogens with one attached hydrogen (secondary N) is 1. The Morgan fingerprint density at radius 1 is 1.04 bits per heavy atom. The maximum atomic E-state index is 13.8. The number of aromatic hydroxyl groups is 1. The highest BCUT2D eigenvalue weighted by Crippen LogP contribution is 2.41. The fraction of sp³-hybridized carbons (Fsp3) is 0.324. The van der Waals surface area contributed by atoms with Gasteiger partial charge in [0.15, 0.2) is 5.82 Å². The summed E-state index contributed by atoms with van der Waals surface area (Å²) in [6.07, 6.45) is 4.45. The molecule has 2 bridgehead atoms. The van der Waals surface area contributed by atoms with Gasteiger partial charge in [0.1, 0.15) is 17.0 Å². The van der Waals surface area contributed by atoms with Gasteiger partial charge in [-0.25, -0.2) is 4.98 Å². The van der Waals surface area contributed by atoms with Crippen LogP contribution >= 0.6 is 0 Å². The molecule has 3 aromatic heterocycles. The van der Waals surface area contributed by atoms with E-state index in [-0.39, 0.29) is 29.3 Å². The molecule has 4 N–H and O–H groups in total. The van der Waals surface area contributed by atoms with Crippen molar-refractivity contribution in [3.8, 4) is 34.1 Å². The van der Waals surface area contributed by atoms with Crippen molar-refractivity contribution >= 4 is 38.7 Å². The van der Waals surface area contributed by atoms with E-state index in [9.17, 15) is 14.7 Å². The Morgan fingerprint density at radius 2 is 1.85 bits per heavy atom. The van der Waals surface area contributed by atoms with Crippen molar-refractivity contribution in [2.75, 3.05) is 13.7 Å². The lowest BCUT2D eigenvalue weighted by atomic mass is 10.0. The van der Waals surface area contributed by atoms with E-state index in [0.29, 0.717) is 40.6 Å². The first-order valence-corrected chi connectivity index (χ1v) is 16.4. The normalized spacial score (nSPS) is 20.7. The quantitative estimate of drug-likeness (QED) is 0.227. The number of pyridine rings is 1. The lowest BCUT2D eigenvalue weighted by molar-refractivity contribution is 0.0700. The van der Waals surface area contributed by atoms with Crippen LogP contribution in [0.4, 0.5) is 0 Å². The highest BCUT2D eigenvalue weighted by Gasteiger charge is 2.47. The fourth-order valence-corrected chi connectivity index (χ4v) is 8.06. The molecule has 3 fully saturated rings. The van der Waals surface area contributed by atoms with E-state index in [4.69, 9.17) is 15.5 Å². The van der Waals surface area contributed by atoms with Crippen molar-refractivity contribution < 1.29 is 14.6 Å². The van der Waals surface area contributed by atoms with E-state index < -0.39 is 0 Å². The highest BCUT2D eigenvalue weighted by atomic mass is 16.5. The van der Waals surface area contributed by atoms with Gasteiger partial charge in [0, 0.05) is 60.1 Å². The zero-order chi connectivity index (χ0) is 32.1. The molecular weight excluding hydrogens is 592 g/mol. The number of hydrogen-bond donors (Lipinski definition) is 3. The maximum Gasteiger partial charge on any atom is 0.254 e. The Morgan fingerprint density at radius 3 is 2.60 bits per heavy atom. The zero-order valence-corrected chi connectivity index (χ0v) is 26.4. The van der Waals surface area contributed by atoms with Crippen LogP contribution < -0.4 is 16.0 Å². The molecule has 10 nitrogen and oxygen atoms in total. The molecule has 3 aliphatic rings. The van der Waals surface area contributed by atoms with Crippen molar-refractivity contribution in [2.24, 2.45) is 24.6 Å². The number of benzene rings is 3. The number of imidazole rings is 1. The fourth-order valence-electron chi connectivity index (χ4n) is 8.06. The number of carbonyl (C=O) groups is 1. The molecule has 1 aliphatic heterocycles. The average molecular weight is 629 g/mol. The summed E-state index contributed by atoms with van der Waals surface area (Å²) in [5, 5.41) is 12.2. The number of ether oxygens (including phenoxy) is 1. The molecule has 238 valence electrons. The smallest absolute Gasteiger partial charge is 0.254 e. The SMILES string of the molecule is COc1cc(C(=O)N2C[C@H]3CC[C@@H]2[C@@H]3N)cc2nc(-c3cc4ccc(-c5ccc6[nH]c(=O)cc(O)c6c5)cc4n3CC3CC3)n(C)c12. The molecule has 2 aliphatic carbocycles. The first-order chi connectivity index (χ1) is 22.8. The molecule has 0 spiro atoms. The standard InChI is InChI=1S/C37H36N6O4/c1-41-35-27(12-24(15-32(35)47-2)37(46)43-18-23-8-10-28(43)34(23)38)40-36(41)30-14-22-6-5-21(13-29(22)42(30)17-19-3-4-19)20-7-9-26-25(11-20)31(44)16-33(45)39-26/h5-7,9,11-16,19,23,28,34H,3-4,8,10,17-18,38H2,1-2H3,(H2,39,44,45)/t23-,28-,34-/m1/s1. The molecule has 4 heterocycles. The van der Waals surface area contributed by atoms with Crippen LogP contribution in [0.5, 0.6) is 11.5 Å². The summed E-state index contributed by atoms with van der Waals surface area (Å²) in [6.45, 7) is 1.59. The van der Waals surface area contributed by atoms with Gasteiger partial charge in [-0.05, 0) is 85.0 Å². The van der Waals surface area contributed by atoms with Crippen LogP contribution in [0.15, 0.2) is 65.5 Å². The summed E-state index contributed by atoms with van der Waals surface area (Å²) < 4.78 is 10.3. The van der Waals surface area contributed by atoms with Gasteiger partial charge in [-0.2, -0.15) is 0 Å². The van der Waals surface area contributed by atoms with Crippen LogP contribution in [0.3, 0.4) is 0 Å². The van der Waals surface area contributed by atoms with Gasteiger partial charge < -0.3 is 34.6 Å². The number of nitrogens with zero attached hydrogens (tertiary/aromatic N) is 4. The van der Waals surface area contributed by atoms with E-state index in [1.165, 1.54) is 18.9 Å². The number of hydrogen-bond acceptors (Lipinski definition) is 6. The van der Waals surface area contributed by atoms with Gasteiger partial charge in [0.05, 0.1) is 23.8 Å². The van der Waals surface area contributed by atoms with Gasteiger partial charge >= 0.3 is 0 Å². The zero-order valence-electron chi connectivity index (χ0n) is 26.4. The largest absolute Gasteiger partial charge is 0.507 e. The minimum absolute atomic E-state index is 0.0104. The highest BCUT2D eigenvalue weighted by molar-refractivity contribution is 6.01. The van der Waals surface area contributed by atoms with Crippen LogP contribution in [0.25, 0.3) is 55.5 Å². The van der Waals surface area contributed by atoms with Crippen molar-refractivity contribution in [2.45, 2.75) is 44.3 Å². The second-order valence-corrected chi connectivity index (χ2v) is 13.6.